The van der Waals surface area contributed by atoms with Gasteiger partial charge in [0.15, 0.2) is 0 Å². The average Bonchev–Trinajstić information content (AvgIpc) is 2.37. The topological polar surface area (TPSA) is 75.4 Å². The lowest BCUT2D eigenvalue weighted by Crippen LogP contribution is -2.40. The maximum absolute atomic E-state index is 12.0. The van der Waals surface area contributed by atoms with Crippen molar-refractivity contribution in [2.24, 2.45) is 5.73 Å². The molecule has 1 aromatic rings. The Morgan fingerprint density at radius 2 is 1.89 bits per heavy atom. The van der Waals surface area contributed by atoms with Crippen molar-refractivity contribution in [1.82, 2.24) is 9.03 Å². The van der Waals surface area contributed by atoms with Crippen molar-refractivity contribution >= 4 is 22.6 Å². The van der Waals surface area contributed by atoms with Gasteiger partial charge in [-0.25, -0.2) is 4.72 Å². The van der Waals surface area contributed by atoms with E-state index in [0.717, 1.165) is 5.56 Å². The third kappa shape index (κ3) is 6.35. The highest BCUT2D eigenvalue weighted by Gasteiger charge is 2.19. The lowest BCUT2D eigenvalue weighted by molar-refractivity contribution is 0.414. The zero-order valence-corrected chi connectivity index (χ0v) is 12.7. The van der Waals surface area contributed by atoms with Crippen LogP contribution in [-0.2, 0) is 16.8 Å². The quantitative estimate of drug-likeness (QED) is 0.707. The van der Waals surface area contributed by atoms with Gasteiger partial charge in [0.05, 0.1) is 0 Å². The first-order chi connectivity index (χ1) is 8.60. The molecule has 0 saturated heterocycles. The highest BCUT2D eigenvalue weighted by Crippen LogP contribution is 2.07. The molecule has 0 aliphatic carbocycles. The molecule has 0 atom stereocenters. The van der Waals surface area contributed by atoms with Gasteiger partial charge in [-0.05, 0) is 18.5 Å². The molecule has 7 heteroatoms. The van der Waals surface area contributed by atoms with Crippen LogP contribution in [0, 0.1) is 0 Å². The highest BCUT2D eigenvalue weighted by molar-refractivity contribution is 7.87. The van der Waals surface area contributed by atoms with Crippen molar-refractivity contribution in [3.63, 3.8) is 0 Å². The fourth-order valence-electron chi connectivity index (χ4n) is 1.55. The zero-order chi connectivity index (χ0) is 13.4. The van der Waals surface area contributed by atoms with Crippen LogP contribution in [0.2, 0.25) is 0 Å². The van der Waals surface area contributed by atoms with Crippen molar-refractivity contribution in [2.75, 3.05) is 19.6 Å². The summed E-state index contributed by atoms with van der Waals surface area (Å²) in [4.78, 5) is 0. The van der Waals surface area contributed by atoms with E-state index >= 15 is 0 Å². The first-order valence-corrected chi connectivity index (χ1v) is 7.53. The Morgan fingerprint density at radius 3 is 2.42 bits per heavy atom. The summed E-state index contributed by atoms with van der Waals surface area (Å²) >= 11 is 0. The van der Waals surface area contributed by atoms with E-state index < -0.39 is 10.2 Å². The smallest absolute Gasteiger partial charge is 0.279 e. The summed E-state index contributed by atoms with van der Waals surface area (Å²) in [6.07, 6.45) is 0.641. The van der Waals surface area contributed by atoms with Gasteiger partial charge in [-0.1, -0.05) is 37.3 Å². The van der Waals surface area contributed by atoms with Crippen LogP contribution >= 0.6 is 12.4 Å². The molecular formula is C12H22ClN3O2S. The molecule has 19 heavy (non-hydrogen) atoms. The summed E-state index contributed by atoms with van der Waals surface area (Å²) < 4.78 is 28.0. The molecule has 0 unspecified atom stereocenters. The van der Waals surface area contributed by atoms with E-state index in [4.69, 9.17) is 5.73 Å². The second-order valence-corrected chi connectivity index (χ2v) is 5.71. The monoisotopic (exact) mass is 307 g/mol. The predicted octanol–water partition coefficient (Wildman–Crippen LogP) is 1.11. The second kappa shape index (κ2) is 9.28. The Bertz CT molecular complexity index is 440. The summed E-state index contributed by atoms with van der Waals surface area (Å²) in [6.45, 7) is 3.50. The normalized spacial score (nSPS) is 11.3. The van der Waals surface area contributed by atoms with E-state index in [2.05, 4.69) is 4.72 Å². The summed E-state index contributed by atoms with van der Waals surface area (Å²) in [5.41, 5.74) is 6.32. The molecule has 0 bridgehead atoms. The van der Waals surface area contributed by atoms with E-state index in [-0.39, 0.29) is 12.4 Å². The number of hydrogen-bond donors (Lipinski definition) is 2. The summed E-state index contributed by atoms with van der Waals surface area (Å²) in [5, 5.41) is 0. The number of nitrogens with one attached hydrogen (secondary N) is 1. The summed E-state index contributed by atoms with van der Waals surface area (Å²) in [7, 11) is -3.42. The molecule has 0 aliphatic heterocycles. The summed E-state index contributed by atoms with van der Waals surface area (Å²) in [5.74, 6) is 0. The van der Waals surface area contributed by atoms with Crippen LogP contribution in [-0.4, -0.2) is 32.4 Å². The van der Waals surface area contributed by atoms with E-state index in [0.29, 0.717) is 32.6 Å². The van der Waals surface area contributed by atoms with Crippen LogP contribution < -0.4 is 10.5 Å². The van der Waals surface area contributed by atoms with Crippen LogP contribution in [0.15, 0.2) is 30.3 Å². The molecule has 0 radical (unpaired) electrons. The van der Waals surface area contributed by atoms with Crippen LogP contribution in [0.1, 0.15) is 18.9 Å². The molecule has 3 N–H and O–H groups in total. The van der Waals surface area contributed by atoms with Gasteiger partial charge in [-0.3, -0.25) is 0 Å². The molecule has 0 fully saturated rings. The fourth-order valence-corrected chi connectivity index (χ4v) is 2.79. The minimum atomic E-state index is -3.42. The molecule has 5 nitrogen and oxygen atoms in total. The SMILES string of the molecule is CCN(Cc1ccccc1)S(=O)(=O)NCCCN.Cl. The summed E-state index contributed by atoms with van der Waals surface area (Å²) in [6, 6.07) is 9.54. The Balaban J connectivity index is 0.00000324. The molecule has 0 aromatic heterocycles. The van der Waals surface area contributed by atoms with Crippen molar-refractivity contribution in [3.8, 4) is 0 Å². The molecule has 0 aliphatic rings. The molecule has 0 amide bonds. The van der Waals surface area contributed by atoms with E-state index in [1.54, 1.807) is 0 Å². The standard InChI is InChI=1S/C12H21N3O2S.ClH/c1-2-15(11-12-7-4-3-5-8-12)18(16,17)14-10-6-9-13;/h3-5,7-8,14H,2,6,9-11,13H2,1H3;1H. The molecule has 1 aromatic carbocycles. The molecule has 0 heterocycles. The minimum absolute atomic E-state index is 0. The van der Waals surface area contributed by atoms with Gasteiger partial charge in [0.1, 0.15) is 0 Å². The number of halogens is 1. The van der Waals surface area contributed by atoms with Crippen LogP contribution in [0.4, 0.5) is 0 Å². The Hall–Kier alpha value is -0.660. The van der Waals surface area contributed by atoms with Crippen molar-refractivity contribution in [2.45, 2.75) is 19.9 Å². The maximum atomic E-state index is 12.0. The van der Waals surface area contributed by atoms with Crippen LogP contribution in [0.5, 0.6) is 0 Å². The molecule has 110 valence electrons. The largest absolute Gasteiger partial charge is 0.330 e. The molecule has 0 spiro atoms. The van der Waals surface area contributed by atoms with Gasteiger partial charge >= 0.3 is 0 Å². The minimum Gasteiger partial charge on any atom is -0.330 e. The van der Waals surface area contributed by atoms with Gasteiger partial charge in [-0.15, -0.1) is 12.4 Å². The highest BCUT2D eigenvalue weighted by atomic mass is 35.5. The number of benzene rings is 1. The van der Waals surface area contributed by atoms with E-state index in [1.165, 1.54) is 4.31 Å². The van der Waals surface area contributed by atoms with Crippen molar-refractivity contribution in [3.05, 3.63) is 35.9 Å². The predicted molar refractivity (Wildman–Crippen MR) is 80.4 cm³/mol. The average molecular weight is 308 g/mol. The van der Waals surface area contributed by atoms with Gasteiger partial charge in [0.25, 0.3) is 10.2 Å². The number of rotatable bonds is 8. The Morgan fingerprint density at radius 1 is 1.26 bits per heavy atom. The first kappa shape index (κ1) is 18.3. The molecule has 1 rings (SSSR count). The zero-order valence-electron chi connectivity index (χ0n) is 11.1. The van der Waals surface area contributed by atoms with Crippen molar-refractivity contribution in [1.29, 1.82) is 0 Å². The molecular weight excluding hydrogens is 286 g/mol. The van der Waals surface area contributed by atoms with Gasteiger partial charge in [0, 0.05) is 19.6 Å². The van der Waals surface area contributed by atoms with Crippen LogP contribution in [0.3, 0.4) is 0 Å². The third-order valence-corrected chi connectivity index (χ3v) is 4.20. The lowest BCUT2D eigenvalue weighted by Gasteiger charge is -2.20. The van der Waals surface area contributed by atoms with Gasteiger partial charge in [0.2, 0.25) is 0 Å². The fraction of sp³-hybridized carbons (Fsp3) is 0.500. The van der Waals surface area contributed by atoms with Gasteiger partial charge in [-0.2, -0.15) is 12.7 Å². The Kier molecular flexibility index (Phi) is 8.95. The number of nitrogens with two attached hydrogens (primary N) is 1. The van der Waals surface area contributed by atoms with E-state index in [1.807, 2.05) is 37.3 Å². The first-order valence-electron chi connectivity index (χ1n) is 6.09. The number of nitrogens with zero attached hydrogens (tertiary/aromatic N) is 1. The third-order valence-electron chi connectivity index (χ3n) is 2.56. The Labute approximate surface area is 121 Å². The van der Waals surface area contributed by atoms with E-state index in [9.17, 15) is 8.42 Å². The molecule has 0 saturated carbocycles. The maximum Gasteiger partial charge on any atom is 0.279 e. The van der Waals surface area contributed by atoms with Gasteiger partial charge < -0.3 is 5.73 Å². The number of hydrogen-bond acceptors (Lipinski definition) is 3. The second-order valence-electron chi connectivity index (χ2n) is 3.95. The lowest BCUT2D eigenvalue weighted by atomic mass is 10.2. The van der Waals surface area contributed by atoms with Crippen LogP contribution in [0.25, 0.3) is 0 Å². The van der Waals surface area contributed by atoms with Crippen molar-refractivity contribution < 1.29 is 8.42 Å².